The number of halogens is 1. The van der Waals surface area contributed by atoms with Crippen LogP contribution in [0.15, 0.2) is 40.6 Å². The average Bonchev–Trinajstić information content (AvgIpc) is 2.86. The quantitative estimate of drug-likeness (QED) is 0.942. The van der Waals surface area contributed by atoms with Crippen molar-refractivity contribution in [2.75, 3.05) is 6.61 Å². The Morgan fingerprint density at radius 2 is 2.05 bits per heavy atom. The second-order valence-corrected chi connectivity index (χ2v) is 8.16. The lowest BCUT2D eigenvalue weighted by Gasteiger charge is -2.25. The molecule has 0 fully saturated rings. The van der Waals surface area contributed by atoms with Gasteiger partial charge >= 0.3 is 0 Å². The predicted molar refractivity (Wildman–Crippen MR) is 79.1 cm³/mol. The van der Waals surface area contributed by atoms with Crippen LogP contribution in [-0.2, 0) is 16.4 Å². The lowest BCUT2D eigenvalue weighted by atomic mass is 10.0. The number of benzene rings is 1. The molecule has 1 atom stereocenters. The summed E-state index contributed by atoms with van der Waals surface area (Å²) in [5.74, 6) is 0.821. The molecule has 0 amide bonds. The molecule has 1 aliphatic heterocycles. The van der Waals surface area contributed by atoms with Crippen LogP contribution in [0, 0.1) is 0 Å². The van der Waals surface area contributed by atoms with Crippen molar-refractivity contribution in [1.29, 1.82) is 0 Å². The average molecular weight is 330 g/mol. The Balaban J connectivity index is 1.77. The Labute approximate surface area is 126 Å². The van der Waals surface area contributed by atoms with Gasteiger partial charge in [-0.05, 0) is 30.2 Å². The number of para-hydroxylation sites is 1. The summed E-state index contributed by atoms with van der Waals surface area (Å²) >= 11 is 6.82. The van der Waals surface area contributed by atoms with Crippen LogP contribution in [0.1, 0.15) is 5.56 Å². The van der Waals surface area contributed by atoms with E-state index < -0.39 is 10.0 Å². The fourth-order valence-corrected chi connectivity index (χ4v) is 4.84. The van der Waals surface area contributed by atoms with Gasteiger partial charge in [-0.15, -0.1) is 11.3 Å². The van der Waals surface area contributed by atoms with E-state index in [2.05, 4.69) is 4.72 Å². The zero-order valence-corrected chi connectivity index (χ0v) is 12.8. The first-order valence-corrected chi connectivity index (χ1v) is 8.71. The molecule has 1 aromatic heterocycles. The molecule has 0 bridgehead atoms. The van der Waals surface area contributed by atoms with Gasteiger partial charge in [0.05, 0.1) is 10.4 Å². The van der Waals surface area contributed by atoms with Crippen LogP contribution in [0.25, 0.3) is 0 Å². The molecule has 3 rings (SSSR count). The monoisotopic (exact) mass is 329 g/mol. The van der Waals surface area contributed by atoms with Gasteiger partial charge in [-0.3, -0.25) is 0 Å². The zero-order chi connectivity index (χ0) is 14.2. The highest BCUT2D eigenvalue weighted by Crippen LogP contribution is 2.27. The van der Waals surface area contributed by atoms with Crippen molar-refractivity contribution in [2.24, 2.45) is 0 Å². The Kier molecular flexibility index (Phi) is 3.72. The fourth-order valence-electron chi connectivity index (χ4n) is 2.12. The van der Waals surface area contributed by atoms with Crippen LogP contribution in [0.4, 0.5) is 0 Å². The number of sulfonamides is 1. The number of fused-ring (bicyclic) bond motifs is 1. The molecule has 1 N–H and O–H groups in total. The first kappa shape index (κ1) is 13.9. The minimum Gasteiger partial charge on any atom is -0.492 e. The Bertz CT molecular complexity index is 727. The van der Waals surface area contributed by atoms with Gasteiger partial charge in [-0.25, -0.2) is 13.1 Å². The van der Waals surface area contributed by atoms with E-state index in [1.54, 1.807) is 6.07 Å². The van der Waals surface area contributed by atoms with Crippen LogP contribution < -0.4 is 9.46 Å². The first-order valence-electron chi connectivity index (χ1n) is 6.03. The summed E-state index contributed by atoms with van der Waals surface area (Å²) in [5, 5.41) is 0. The van der Waals surface area contributed by atoms with E-state index in [1.165, 1.54) is 6.07 Å². The zero-order valence-electron chi connectivity index (χ0n) is 10.4. The van der Waals surface area contributed by atoms with Crippen molar-refractivity contribution in [3.8, 4) is 5.75 Å². The highest BCUT2D eigenvalue weighted by atomic mass is 35.5. The molecule has 20 heavy (non-hydrogen) atoms. The maximum absolute atomic E-state index is 12.2. The smallest absolute Gasteiger partial charge is 0.250 e. The fraction of sp³-hybridized carbons (Fsp3) is 0.231. The third-order valence-corrected chi connectivity index (χ3v) is 6.26. The van der Waals surface area contributed by atoms with E-state index in [0.717, 1.165) is 22.6 Å². The van der Waals surface area contributed by atoms with Crippen molar-refractivity contribution in [3.05, 3.63) is 46.3 Å². The molecule has 2 heterocycles. The second-order valence-electron chi connectivity index (χ2n) is 4.50. The van der Waals surface area contributed by atoms with Gasteiger partial charge in [-0.2, -0.15) is 0 Å². The number of hydrogen-bond donors (Lipinski definition) is 1. The largest absolute Gasteiger partial charge is 0.492 e. The van der Waals surface area contributed by atoms with Gasteiger partial charge in [0.15, 0.2) is 0 Å². The van der Waals surface area contributed by atoms with Crippen LogP contribution in [-0.4, -0.2) is 21.1 Å². The summed E-state index contributed by atoms with van der Waals surface area (Å²) in [6, 6.07) is 10.5. The van der Waals surface area contributed by atoms with E-state index >= 15 is 0 Å². The van der Waals surface area contributed by atoms with Gasteiger partial charge in [-0.1, -0.05) is 29.8 Å². The van der Waals surface area contributed by atoms with E-state index in [9.17, 15) is 8.42 Å². The topological polar surface area (TPSA) is 55.4 Å². The van der Waals surface area contributed by atoms with Gasteiger partial charge in [0.25, 0.3) is 0 Å². The predicted octanol–water partition coefficient (Wildman–Crippen LogP) is 2.68. The lowest BCUT2D eigenvalue weighted by Crippen LogP contribution is -2.42. The summed E-state index contributed by atoms with van der Waals surface area (Å²) in [4.78, 5) is 0. The standard InChI is InChI=1S/C13H12ClNO3S2/c14-12-5-6-13(19-12)20(16,17)15-10-7-9-3-1-2-4-11(9)18-8-10/h1-6,10,15H,7-8H2. The minimum atomic E-state index is -3.54. The van der Waals surface area contributed by atoms with Crippen LogP contribution in [0.2, 0.25) is 4.34 Å². The second kappa shape index (κ2) is 5.37. The third kappa shape index (κ3) is 2.83. The summed E-state index contributed by atoms with van der Waals surface area (Å²) in [5.41, 5.74) is 1.01. The van der Waals surface area contributed by atoms with Crippen molar-refractivity contribution in [3.63, 3.8) is 0 Å². The molecule has 1 unspecified atom stereocenters. The van der Waals surface area contributed by atoms with E-state index in [-0.39, 0.29) is 10.3 Å². The molecule has 0 radical (unpaired) electrons. The van der Waals surface area contributed by atoms with Crippen LogP contribution in [0.5, 0.6) is 5.75 Å². The summed E-state index contributed by atoms with van der Waals surface area (Å²) in [6.07, 6.45) is 0.620. The van der Waals surface area contributed by atoms with Crippen LogP contribution in [0.3, 0.4) is 0 Å². The Morgan fingerprint density at radius 3 is 2.80 bits per heavy atom. The highest BCUT2D eigenvalue weighted by Gasteiger charge is 2.26. The van der Waals surface area contributed by atoms with Crippen molar-refractivity contribution >= 4 is 33.0 Å². The van der Waals surface area contributed by atoms with Gasteiger partial charge in [0.1, 0.15) is 16.6 Å². The molecule has 2 aromatic rings. The maximum Gasteiger partial charge on any atom is 0.250 e. The Hall–Kier alpha value is -1.08. The molecule has 0 spiro atoms. The first-order chi connectivity index (χ1) is 9.54. The number of rotatable bonds is 3. The van der Waals surface area contributed by atoms with Crippen molar-refractivity contribution in [1.82, 2.24) is 4.72 Å². The van der Waals surface area contributed by atoms with E-state index in [0.29, 0.717) is 17.4 Å². The molecule has 7 heteroatoms. The number of hydrogen-bond acceptors (Lipinski definition) is 4. The number of ether oxygens (including phenoxy) is 1. The lowest BCUT2D eigenvalue weighted by molar-refractivity contribution is 0.254. The van der Waals surface area contributed by atoms with Gasteiger partial charge < -0.3 is 4.74 Å². The minimum absolute atomic E-state index is 0.223. The van der Waals surface area contributed by atoms with Crippen LogP contribution >= 0.6 is 22.9 Å². The molecule has 0 saturated heterocycles. The molecular weight excluding hydrogens is 318 g/mol. The van der Waals surface area contributed by atoms with E-state index in [4.69, 9.17) is 16.3 Å². The molecule has 0 saturated carbocycles. The molecule has 4 nitrogen and oxygen atoms in total. The molecule has 1 aromatic carbocycles. The maximum atomic E-state index is 12.2. The number of thiophene rings is 1. The van der Waals surface area contributed by atoms with Crippen molar-refractivity contribution in [2.45, 2.75) is 16.7 Å². The summed E-state index contributed by atoms with van der Waals surface area (Å²) in [7, 11) is -3.54. The summed E-state index contributed by atoms with van der Waals surface area (Å²) < 4.78 is 33.3. The SMILES string of the molecule is O=S(=O)(NC1COc2ccccc2C1)c1ccc(Cl)s1. The molecule has 1 aliphatic rings. The van der Waals surface area contributed by atoms with E-state index in [1.807, 2.05) is 24.3 Å². The normalized spacial score (nSPS) is 18.4. The van der Waals surface area contributed by atoms with Gasteiger partial charge in [0.2, 0.25) is 10.0 Å². The third-order valence-electron chi connectivity index (χ3n) is 3.01. The van der Waals surface area contributed by atoms with Crippen molar-refractivity contribution < 1.29 is 13.2 Å². The number of nitrogens with one attached hydrogen (secondary N) is 1. The molecule has 106 valence electrons. The highest BCUT2D eigenvalue weighted by molar-refractivity contribution is 7.91. The molecular formula is C13H12ClNO3S2. The Morgan fingerprint density at radius 1 is 1.25 bits per heavy atom. The van der Waals surface area contributed by atoms with Gasteiger partial charge in [0, 0.05) is 0 Å². The molecule has 0 aliphatic carbocycles. The summed E-state index contributed by atoms with van der Waals surface area (Å²) in [6.45, 7) is 0.329.